The lowest BCUT2D eigenvalue weighted by molar-refractivity contribution is -0.150. The van der Waals surface area contributed by atoms with E-state index in [1.165, 1.54) is 139 Å². The molecule has 0 spiro atoms. The molecule has 0 amide bonds. The van der Waals surface area contributed by atoms with Crippen LogP contribution in [0.15, 0.2) is 60.7 Å². The van der Waals surface area contributed by atoms with Gasteiger partial charge in [0.2, 0.25) is 0 Å². The van der Waals surface area contributed by atoms with Crippen LogP contribution in [0.2, 0.25) is 5.04 Å². The molecule has 0 radical (unpaired) electrons. The van der Waals surface area contributed by atoms with Crippen molar-refractivity contribution in [3.63, 3.8) is 0 Å². The van der Waals surface area contributed by atoms with Gasteiger partial charge in [-0.25, -0.2) is 0 Å². The van der Waals surface area contributed by atoms with Crippen LogP contribution in [0.5, 0.6) is 0 Å². The zero-order valence-corrected chi connectivity index (χ0v) is 46.7. The molecule has 0 aliphatic heterocycles. The second-order valence-electron chi connectivity index (χ2n) is 22.9. The lowest BCUT2D eigenvalue weighted by atomic mass is 9.94. The van der Waals surface area contributed by atoms with Crippen molar-refractivity contribution in [1.82, 2.24) is 5.32 Å². The normalized spacial score (nSPS) is 18.2. The summed E-state index contributed by atoms with van der Waals surface area (Å²) in [6.45, 7) is 9.91. The van der Waals surface area contributed by atoms with E-state index in [-0.39, 0.29) is 28.8 Å². The lowest BCUT2D eigenvalue weighted by Crippen LogP contribution is -2.66. The fourth-order valence-corrected chi connectivity index (χ4v) is 16.3. The molecule has 0 unspecified atom stereocenters. The molecular formula is C63H107NO5Si. The Balaban J connectivity index is 1.23. The summed E-state index contributed by atoms with van der Waals surface area (Å²) < 4.78 is 19.2. The highest BCUT2D eigenvalue weighted by Gasteiger charge is 2.50. The van der Waals surface area contributed by atoms with Gasteiger partial charge in [-0.2, -0.15) is 0 Å². The molecule has 2 fully saturated rings. The van der Waals surface area contributed by atoms with Crippen molar-refractivity contribution in [3.8, 4) is 0 Å². The summed E-state index contributed by atoms with van der Waals surface area (Å²) in [6.07, 6.45) is 46.0. The molecule has 2 aromatic carbocycles. The molecule has 2 aliphatic rings. The maximum Gasteiger partial charge on any atom is 0.308 e. The van der Waals surface area contributed by atoms with E-state index in [0.29, 0.717) is 19.3 Å². The molecule has 4 rings (SSSR count). The van der Waals surface area contributed by atoms with E-state index in [0.717, 1.165) is 129 Å². The Bertz CT molecular complexity index is 1430. The van der Waals surface area contributed by atoms with Crippen LogP contribution in [0.4, 0.5) is 0 Å². The third-order valence-electron chi connectivity index (χ3n) is 16.0. The highest BCUT2D eigenvalue weighted by atomic mass is 28.4. The third-order valence-corrected chi connectivity index (χ3v) is 21.0. The van der Waals surface area contributed by atoms with Crippen molar-refractivity contribution in [2.45, 2.75) is 276 Å². The zero-order valence-electron chi connectivity index (χ0n) is 45.7. The van der Waals surface area contributed by atoms with Gasteiger partial charge in [-0.05, 0) is 86.2 Å². The van der Waals surface area contributed by atoms with Gasteiger partial charge in [0.1, 0.15) is 0 Å². The maximum atomic E-state index is 13.3. The predicted molar refractivity (Wildman–Crippen MR) is 300 cm³/mol. The van der Waals surface area contributed by atoms with Crippen molar-refractivity contribution in [1.29, 1.82) is 0 Å². The smallest absolute Gasteiger partial charge is 0.308 e. The minimum absolute atomic E-state index is 0.0217. The number of esters is 2. The first-order chi connectivity index (χ1) is 34.3. The Kier molecular flexibility index (Phi) is 32.7. The molecule has 6 nitrogen and oxygen atoms in total. The van der Waals surface area contributed by atoms with Gasteiger partial charge in [-0.3, -0.25) is 9.59 Å². The zero-order chi connectivity index (χ0) is 49.6. The van der Waals surface area contributed by atoms with E-state index in [9.17, 15) is 9.59 Å². The molecular weight excluding hydrogens is 879 g/mol. The Morgan fingerprint density at radius 1 is 0.457 bits per heavy atom. The average molecular weight is 987 g/mol. The number of nitrogens with one attached hydrogen (secondary N) is 1. The molecule has 1 N–H and O–H groups in total. The first kappa shape index (κ1) is 60.1. The third kappa shape index (κ3) is 25.0. The molecule has 0 bridgehead atoms. The molecule has 2 saturated carbocycles. The van der Waals surface area contributed by atoms with Crippen molar-refractivity contribution in [3.05, 3.63) is 60.7 Å². The second-order valence-corrected chi connectivity index (χ2v) is 27.2. The van der Waals surface area contributed by atoms with Crippen molar-refractivity contribution < 1.29 is 23.5 Å². The fraction of sp³-hybridized carbons (Fsp3) is 0.778. The summed E-state index contributed by atoms with van der Waals surface area (Å²) in [4.78, 5) is 26.6. The summed E-state index contributed by atoms with van der Waals surface area (Å²) >= 11 is 0. The molecule has 0 heterocycles. The van der Waals surface area contributed by atoms with Crippen LogP contribution in [0.1, 0.15) is 265 Å². The van der Waals surface area contributed by atoms with Crippen molar-refractivity contribution >= 4 is 30.6 Å². The van der Waals surface area contributed by atoms with E-state index in [1.807, 2.05) is 0 Å². The fourth-order valence-electron chi connectivity index (χ4n) is 11.6. The van der Waals surface area contributed by atoms with Gasteiger partial charge in [0.25, 0.3) is 8.32 Å². The van der Waals surface area contributed by atoms with Gasteiger partial charge >= 0.3 is 11.9 Å². The van der Waals surface area contributed by atoms with Crippen LogP contribution in [-0.4, -0.2) is 52.7 Å². The monoisotopic (exact) mass is 986 g/mol. The SMILES string of the molecule is CC(C)(C)[Si](OCCCCNC(CCCCCOC(=O)C1CCCCCCCCCCCCCC1)CCCCCOC(=O)C1CCCCCCCCCCCCCC1)(c1ccccc1)c1ccccc1. The number of rotatable bonds is 23. The van der Waals surface area contributed by atoms with Crippen LogP contribution in [0.3, 0.4) is 0 Å². The van der Waals surface area contributed by atoms with Gasteiger partial charge in [0.15, 0.2) is 0 Å². The predicted octanol–water partition coefficient (Wildman–Crippen LogP) is 16.7. The molecule has 0 atom stereocenters. The minimum atomic E-state index is -2.54. The molecule has 0 aromatic heterocycles. The highest BCUT2D eigenvalue weighted by Crippen LogP contribution is 2.37. The van der Waals surface area contributed by atoms with Gasteiger partial charge < -0.3 is 19.2 Å². The van der Waals surface area contributed by atoms with E-state index in [2.05, 4.69) is 86.8 Å². The first-order valence-corrected chi connectivity index (χ1v) is 32.0. The van der Waals surface area contributed by atoms with Gasteiger partial charge in [0, 0.05) is 12.6 Å². The maximum absolute atomic E-state index is 13.3. The van der Waals surface area contributed by atoms with Crippen molar-refractivity contribution in [2.24, 2.45) is 11.8 Å². The minimum Gasteiger partial charge on any atom is -0.465 e. The number of hydrogen-bond acceptors (Lipinski definition) is 6. The van der Waals surface area contributed by atoms with Crippen LogP contribution >= 0.6 is 0 Å². The average Bonchev–Trinajstić information content (AvgIpc) is 3.38. The van der Waals surface area contributed by atoms with Gasteiger partial charge in [-0.1, -0.05) is 261 Å². The number of carbonyl (C=O) groups is 2. The summed E-state index contributed by atoms with van der Waals surface area (Å²) in [5, 5.41) is 6.64. The molecule has 7 heteroatoms. The number of carbonyl (C=O) groups excluding carboxylic acids is 2. The number of hydrogen-bond donors (Lipinski definition) is 1. The van der Waals surface area contributed by atoms with E-state index < -0.39 is 8.32 Å². The summed E-state index contributed by atoms with van der Waals surface area (Å²) in [6, 6.07) is 22.4. The summed E-state index contributed by atoms with van der Waals surface area (Å²) in [5.41, 5.74) is 0. The van der Waals surface area contributed by atoms with E-state index in [4.69, 9.17) is 13.9 Å². The molecule has 70 heavy (non-hydrogen) atoms. The van der Waals surface area contributed by atoms with Gasteiger partial charge in [-0.15, -0.1) is 0 Å². The first-order valence-electron chi connectivity index (χ1n) is 30.1. The molecule has 398 valence electrons. The summed E-state index contributed by atoms with van der Waals surface area (Å²) in [7, 11) is -2.54. The lowest BCUT2D eigenvalue weighted by Gasteiger charge is -2.43. The number of benzene rings is 2. The van der Waals surface area contributed by atoms with Crippen LogP contribution in [-0.2, 0) is 23.5 Å². The molecule has 0 saturated heterocycles. The molecule has 2 aliphatic carbocycles. The van der Waals surface area contributed by atoms with E-state index >= 15 is 0 Å². The van der Waals surface area contributed by atoms with Crippen molar-refractivity contribution in [2.75, 3.05) is 26.4 Å². The topological polar surface area (TPSA) is 73.9 Å². The highest BCUT2D eigenvalue weighted by molar-refractivity contribution is 6.99. The van der Waals surface area contributed by atoms with Gasteiger partial charge in [0.05, 0.1) is 25.0 Å². The number of ether oxygens (including phenoxy) is 2. The summed E-state index contributed by atoms with van der Waals surface area (Å²) in [5.74, 6) is 0.299. The van der Waals surface area contributed by atoms with E-state index in [1.54, 1.807) is 0 Å². The largest absolute Gasteiger partial charge is 0.465 e. The number of unbranched alkanes of at least 4 members (excludes halogenated alkanes) is 5. The Morgan fingerprint density at radius 3 is 1.13 bits per heavy atom. The Morgan fingerprint density at radius 2 is 0.786 bits per heavy atom. The Hall–Kier alpha value is -2.48. The quantitative estimate of drug-likeness (QED) is 0.0679. The molecule has 2 aromatic rings. The second kappa shape index (κ2) is 38.1. The van der Waals surface area contributed by atoms with Crippen LogP contribution < -0.4 is 15.7 Å². The van der Waals surface area contributed by atoms with Crippen LogP contribution in [0.25, 0.3) is 0 Å². The van der Waals surface area contributed by atoms with Crippen LogP contribution in [0, 0.1) is 11.8 Å². The Labute approximate surface area is 432 Å². The standard InChI is InChI=1S/C63H107NO5Si/c1-63(2,3)70(59-48-34-24-35-49-59,60-50-36-25-37-51-60)69-55-41-38-52-64-58(46-32-26-39-53-67-61(65)56-42-28-20-16-12-8-4-5-9-13-17-21-29-43-56)47-33-27-40-54-68-62(66)57-44-30-22-18-14-10-6-7-11-15-19-23-31-45-57/h24-25,34-37,48-51,56-58,64H,4-23,26-33,38-47,52-55H2,1-3H3.